The van der Waals surface area contributed by atoms with Crippen LogP contribution in [-0.4, -0.2) is 30.7 Å². The zero-order valence-electron chi connectivity index (χ0n) is 9.23. The van der Waals surface area contributed by atoms with Crippen molar-refractivity contribution in [3.05, 3.63) is 0 Å². The highest BCUT2D eigenvalue weighted by molar-refractivity contribution is 5.81. The summed E-state index contributed by atoms with van der Waals surface area (Å²) in [6.07, 6.45) is -0.111. The Kier molecular flexibility index (Phi) is 4.58. The van der Waals surface area contributed by atoms with E-state index in [2.05, 4.69) is 5.32 Å². The van der Waals surface area contributed by atoms with Gasteiger partial charge in [0.25, 0.3) is 0 Å². The Balaban J connectivity index is 2.24. The average Bonchev–Trinajstić information content (AvgIpc) is 2.65. The number of halogens is 3. The molecule has 0 saturated heterocycles. The summed E-state index contributed by atoms with van der Waals surface area (Å²) >= 11 is 0. The molecule has 0 radical (unpaired) electrons. The highest BCUT2D eigenvalue weighted by atomic mass is 19.4. The van der Waals surface area contributed by atoms with E-state index in [1.54, 1.807) is 6.92 Å². The van der Waals surface area contributed by atoms with E-state index in [1.807, 2.05) is 5.32 Å². The number of amides is 1. The van der Waals surface area contributed by atoms with Gasteiger partial charge in [0.05, 0.1) is 6.04 Å². The fraction of sp³-hybridized carbons (Fsp3) is 0.900. The van der Waals surface area contributed by atoms with Crippen molar-refractivity contribution in [2.24, 2.45) is 0 Å². The second kappa shape index (κ2) is 5.52. The molecule has 1 saturated carbocycles. The van der Waals surface area contributed by atoms with Gasteiger partial charge in [-0.2, -0.15) is 13.2 Å². The Labute approximate surface area is 92.8 Å². The largest absolute Gasteiger partial charge is 0.405 e. The van der Waals surface area contributed by atoms with Crippen molar-refractivity contribution in [2.45, 2.75) is 50.9 Å². The van der Waals surface area contributed by atoms with Gasteiger partial charge in [0.15, 0.2) is 0 Å². The van der Waals surface area contributed by atoms with Crippen molar-refractivity contribution in [1.82, 2.24) is 10.6 Å². The number of carbonyl (C=O) groups is 1. The summed E-state index contributed by atoms with van der Waals surface area (Å²) in [5, 5.41) is 4.91. The molecule has 0 spiro atoms. The maximum atomic E-state index is 11.8. The van der Waals surface area contributed by atoms with E-state index in [0.29, 0.717) is 0 Å². The first-order valence-corrected chi connectivity index (χ1v) is 5.49. The third kappa shape index (κ3) is 4.83. The van der Waals surface area contributed by atoms with Crippen molar-refractivity contribution in [2.75, 3.05) is 6.54 Å². The number of rotatable bonds is 4. The Hall–Kier alpha value is -0.780. The van der Waals surface area contributed by atoms with Crippen LogP contribution in [0.4, 0.5) is 13.2 Å². The first-order valence-electron chi connectivity index (χ1n) is 5.49. The van der Waals surface area contributed by atoms with Gasteiger partial charge in [0.1, 0.15) is 6.54 Å². The van der Waals surface area contributed by atoms with Crippen LogP contribution < -0.4 is 10.6 Å². The van der Waals surface area contributed by atoms with Crippen molar-refractivity contribution in [1.29, 1.82) is 0 Å². The topological polar surface area (TPSA) is 41.1 Å². The van der Waals surface area contributed by atoms with Gasteiger partial charge in [-0.1, -0.05) is 12.8 Å². The fourth-order valence-electron chi connectivity index (χ4n) is 1.86. The molecule has 0 heterocycles. The summed E-state index contributed by atoms with van der Waals surface area (Å²) in [5.74, 6) is -0.593. The van der Waals surface area contributed by atoms with Crippen molar-refractivity contribution >= 4 is 5.91 Å². The Morgan fingerprint density at radius 1 is 1.38 bits per heavy atom. The molecular weight excluding hydrogens is 221 g/mol. The van der Waals surface area contributed by atoms with Gasteiger partial charge >= 0.3 is 6.18 Å². The Morgan fingerprint density at radius 3 is 2.44 bits per heavy atom. The smallest absolute Gasteiger partial charge is 0.346 e. The molecule has 1 aliphatic rings. The van der Waals surface area contributed by atoms with Gasteiger partial charge in [0.2, 0.25) is 5.91 Å². The second-order valence-electron chi connectivity index (χ2n) is 4.20. The van der Waals surface area contributed by atoms with Gasteiger partial charge in [-0.25, -0.2) is 0 Å². The van der Waals surface area contributed by atoms with Gasteiger partial charge < -0.3 is 10.6 Å². The fourth-order valence-corrected chi connectivity index (χ4v) is 1.86. The third-order valence-electron chi connectivity index (χ3n) is 2.70. The lowest BCUT2D eigenvalue weighted by atomic mass is 10.2. The van der Waals surface area contributed by atoms with E-state index < -0.39 is 24.7 Å². The normalized spacial score (nSPS) is 19.8. The lowest BCUT2D eigenvalue weighted by Gasteiger charge is -2.19. The lowest BCUT2D eigenvalue weighted by Crippen LogP contribution is -2.47. The minimum atomic E-state index is -4.34. The van der Waals surface area contributed by atoms with Gasteiger partial charge in [-0.3, -0.25) is 4.79 Å². The molecular formula is C10H17F3N2O. The number of hydrogen-bond acceptors (Lipinski definition) is 2. The van der Waals surface area contributed by atoms with Crippen LogP contribution in [0.2, 0.25) is 0 Å². The summed E-state index contributed by atoms with van der Waals surface area (Å²) in [5.41, 5.74) is 0. The van der Waals surface area contributed by atoms with Crippen LogP contribution in [0.3, 0.4) is 0 Å². The predicted molar refractivity (Wildman–Crippen MR) is 53.9 cm³/mol. The molecule has 1 aliphatic carbocycles. The van der Waals surface area contributed by atoms with Crippen LogP contribution >= 0.6 is 0 Å². The molecule has 1 amide bonds. The average molecular weight is 238 g/mol. The second-order valence-corrected chi connectivity index (χ2v) is 4.20. The zero-order valence-corrected chi connectivity index (χ0v) is 9.23. The van der Waals surface area contributed by atoms with Crippen LogP contribution in [0.5, 0.6) is 0 Å². The summed E-state index contributed by atoms with van der Waals surface area (Å²) in [4.78, 5) is 11.3. The minimum Gasteiger partial charge on any atom is -0.346 e. The molecule has 3 nitrogen and oxygen atoms in total. The number of hydrogen-bond donors (Lipinski definition) is 2. The minimum absolute atomic E-state index is 0.270. The van der Waals surface area contributed by atoms with Crippen molar-refractivity contribution < 1.29 is 18.0 Å². The predicted octanol–water partition coefficient (Wildman–Crippen LogP) is 1.59. The molecule has 0 aliphatic heterocycles. The molecule has 1 rings (SSSR count). The summed E-state index contributed by atoms with van der Waals surface area (Å²) in [6, 6.07) is -0.294. The number of nitrogens with one attached hydrogen (secondary N) is 2. The van der Waals surface area contributed by atoms with E-state index in [4.69, 9.17) is 0 Å². The van der Waals surface area contributed by atoms with Gasteiger partial charge in [-0.05, 0) is 19.8 Å². The summed E-state index contributed by atoms with van der Waals surface area (Å²) < 4.78 is 35.5. The molecule has 2 N–H and O–H groups in total. The first-order chi connectivity index (χ1) is 7.38. The van der Waals surface area contributed by atoms with Crippen LogP contribution in [0.25, 0.3) is 0 Å². The molecule has 0 bridgehead atoms. The highest BCUT2D eigenvalue weighted by Crippen LogP contribution is 2.18. The molecule has 0 aromatic carbocycles. The maximum Gasteiger partial charge on any atom is 0.405 e. The van der Waals surface area contributed by atoms with E-state index in [0.717, 1.165) is 25.7 Å². The van der Waals surface area contributed by atoms with Crippen LogP contribution in [0.15, 0.2) is 0 Å². The van der Waals surface area contributed by atoms with Gasteiger partial charge in [-0.15, -0.1) is 0 Å². The molecule has 6 heteroatoms. The monoisotopic (exact) mass is 238 g/mol. The van der Waals surface area contributed by atoms with E-state index in [9.17, 15) is 18.0 Å². The Bertz CT molecular complexity index is 237. The molecule has 16 heavy (non-hydrogen) atoms. The van der Waals surface area contributed by atoms with E-state index in [1.165, 1.54) is 0 Å². The summed E-state index contributed by atoms with van der Waals surface area (Å²) in [6.45, 7) is 0.326. The lowest BCUT2D eigenvalue weighted by molar-refractivity contribution is -0.139. The first kappa shape index (κ1) is 13.3. The van der Waals surface area contributed by atoms with Crippen LogP contribution in [0.1, 0.15) is 32.6 Å². The van der Waals surface area contributed by atoms with E-state index in [-0.39, 0.29) is 6.04 Å². The van der Waals surface area contributed by atoms with Crippen LogP contribution in [0, 0.1) is 0 Å². The SMILES string of the molecule is CC(NC1CCCC1)C(=O)NCC(F)(F)F. The standard InChI is InChI=1S/C10H17F3N2O/c1-7(15-8-4-2-3-5-8)9(16)14-6-10(11,12)13/h7-8,15H,2-6H2,1H3,(H,14,16). The molecule has 1 fully saturated rings. The molecule has 0 aromatic heterocycles. The number of carbonyl (C=O) groups excluding carboxylic acids is 1. The molecule has 1 atom stereocenters. The summed E-state index contributed by atoms with van der Waals surface area (Å²) in [7, 11) is 0. The molecule has 0 aromatic rings. The van der Waals surface area contributed by atoms with Gasteiger partial charge in [0, 0.05) is 6.04 Å². The number of alkyl halides is 3. The van der Waals surface area contributed by atoms with Crippen molar-refractivity contribution in [3.63, 3.8) is 0 Å². The van der Waals surface area contributed by atoms with Crippen LogP contribution in [-0.2, 0) is 4.79 Å². The zero-order chi connectivity index (χ0) is 12.2. The van der Waals surface area contributed by atoms with Crippen molar-refractivity contribution in [3.8, 4) is 0 Å². The quantitative estimate of drug-likeness (QED) is 0.780. The van der Waals surface area contributed by atoms with E-state index >= 15 is 0 Å². The molecule has 1 unspecified atom stereocenters. The third-order valence-corrected chi connectivity index (χ3v) is 2.70. The molecule has 94 valence electrons. The highest BCUT2D eigenvalue weighted by Gasteiger charge is 2.29. The maximum absolute atomic E-state index is 11.8. The Morgan fingerprint density at radius 2 is 1.94 bits per heavy atom.